The number of rotatable bonds is 5. The van der Waals surface area contributed by atoms with Crippen molar-refractivity contribution >= 4 is 0 Å². The van der Waals surface area contributed by atoms with E-state index in [2.05, 4.69) is 31.2 Å². The summed E-state index contributed by atoms with van der Waals surface area (Å²) in [6.45, 7) is 5.46. The van der Waals surface area contributed by atoms with Gasteiger partial charge >= 0.3 is 0 Å². The molecule has 0 saturated heterocycles. The monoisotopic (exact) mass is 202 g/mol. The van der Waals surface area contributed by atoms with Crippen LogP contribution in [0.3, 0.4) is 0 Å². The van der Waals surface area contributed by atoms with Gasteiger partial charge in [-0.15, -0.1) is 0 Å². The molecule has 0 aliphatic carbocycles. The van der Waals surface area contributed by atoms with E-state index in [1.54, 1.807) is 0 Å². The average molecular weight is 202 g/mol. The zero-order valence-electron chi connectivity index (χ0n) is 9.44. The second kappa shape index (κ2) is 7.02. The highest BCUT2D eigenvalue weighted by molar-refractivity contribution is 5.15. The highest BCUT2D eigenvalue weighted by Gasteiger charge is 1.88. The summed E-state index contributed by atoms with van der Waals surface area (Å²) in [5, 5.41) is 0. The molecule has 0 aliphatic heterocycles. The second-order valence-electron chi connectivity index (χ2n) is 3.44. The number of allylic oxidation sites excluding steroid dienone is 3. The van der Waals surface area contributed by atoms with Gasteiger partial charge in [0, 0.05) is 0 Å². The summed E-state index contributed by atoms with van der Waals surface area (Å²) < 4.78 is 5.50. The van der Waals surface area contributed by atoms with E-state index in [0.29, 0.717) is 13.2 Å². The summed E-state index contributed by atoms with van der Waals surface area (Å²) in [6, 6.07) is 10.2. The van der Waals surface area contributed by atoms with Crippen LogP contribution in [0.1, 0.15) is 19.4 Å². The lowest BCUT2D eigenvalue weighted by molar-refractivity contribution is 0.148. The molecule has 0 aromatic heterocycles. The Morgan fingerprint density at radius 2 is 2.00 bits per heavy atom. The van der Waals surface area contributed by atoms with Crippen LogP contribution in [0.2, 0.25) is 0 Å². The summed E-state index contributed by atoms with van der Waals surface area (Å²) >= 11 is 0. The van der Waals surface area contributed by atoms with E-state index in [0.717, 1.165) is 0 Å². The van der Waals surface area contributed by atoms with E-state index in [9.17, 15) is 0 Å². The molecule has 0 unspecified atom stereocenters. The van der Waals surface area contributed by atoms with Gasteiger partial charge in [0.1, 0.15) is 0 Å². The minimum atomic E-state index is 0.667. The van der Waals surface area contributed by atoms with Crippen LogP contribution < -0.4 is 0 Å². The first-order valence-electron chi connectivity index (χ1n) is 5.24. The van der Waals surface area contributed by atoms with Gasteiger partial charge in [0.25, 0.3) is 0 Å². The Bertz CT molecular complexity index is 322. The Hall–Kier alpha value is -1.34. The highest BCUT2D eigenvalue weighted by Crippen LogP contribution is 2.00. The van der Waals surface area contributed by atoms with Crippen LogP contribution in [0.4, 0.5) is 0 Å². The Kier molecular flexibility index (Phi) is 5.49. The van der Waals surface area contributed by atoms with Crippen molar-refractivity contribution in [1.29, 1.82) is 0 Å². The van der Waals surface area contributed by atoms with Crippen molar-refractivity contribution in [3.63, 3.8) is 0 Å². The Morgan fingerprint density at radius 3 is 2.67 bits per heavy atom. The maximum absolute atomic E-state index is 5.50. The maximum Gasteiger partial charge on any atom is 0.0721 e. The predicted molar refractivity (Wildman–Crippen MR) is 64.7 cm³/mol. The normalized spacial score (nSPS) is 12.3. The third-order valence-corrected chi connectivity index (χ3v) is 2.16. The molecule has 0 radical (unpaired) electrons. The molecule has 0 saturated carbocycles. The van der Waals surface area contributed by atoms with Gasteiger partial charge in [0.05, 0.1) is 13.2 Å². The van der Waals surface area contributed by atoms with E-state index in [-0.39, 0.29) is 0 Å². The lowest BCUT2D eigenvalue weighted by Gasteiger charge is -2.00. The molecule has 0 atom stereocenters. The van der Waals surface area contributed by atoms with Crippen LogP contribution >= 0.6 is 0 Å². The van der Waals surface area contributed by atoms with Crippen molar-refractivity contribution in [3.8, 4) is 0 Å². The van der Waals surface area contributed by atoms with E-state index < -0.39 is 0 Å². The summed E-state index contributed by atoms with van der Waals surface area (Å²) in [6.07, 6.45) is 6.19. The molecular formula is C14H18O. The molecule has 80 valence electrons. The third kappa shape index (κ3) is 5.18. The molecule has 0 heterocycles. The van der Waals surface area contributed by atoms with Gasteiger partial charge in [-0.25, -0.2) is 0 Å². The van der Waals surface area contributed by atoms with Crippen molar-refractivity contribution in [1.82, 2.24) is 0 Å². The Morgan fingerprint density at radius 1 is 1.27 bits per heavy atom. The van der Waals surface area contributed by atoms with E-state index in [1.165, 1.54) is 11.1 Å². The molecule has 1 rings (SSSR count). The lowest BCUT2D eigenvalue weighted by atomic mass is 10.2. The fourth-order valence-electron chi connectivity index (χ4n) is 1.15. The summed E-state index contributed by atoms with van der Waals surface area (Å²) in [5.74, 6) is 0. The lowest BCUT2D eigenvalue weighted by Crippen LogP contribution is -1.92. The third-order valence-electron chi connectivity index (χ3n) is 2.16. The molecular weight excluding hydrogens is 184 g/mol. The van der Waals surface area contributed by atoms with Gasteiger partial charge in [-0.1, -0.05) is 54.1 Å². The molecule has 0 bridgehead atoms. The predicted octanol–water partition coefficient (Wildman–Crippen LogP) is 3.73. The van der Waals surface area contributed by atoms with Gasteiger partial charge in [-0.3, -0.25) is 0 Å². The number of benzene rings is 1. The molecule has 0 aliphatic rings. The fraction of sp³-hybridized carbons (Fsp3) is 0.286. The van der Waals surface area contributed by atoms with Crippen molar-refractivity contribution in [3.05, 3.63) is 59.7 Å². The quantitative estimate of drug-likeness (QED) is 0.522. The molecule has 15 heavy (non-hydrogen) atoms. The molecule has 1 heteroatoms. The fourth-order valence-corrected chi connectivity index (χ4v) is 1.15. The first-order valence-corrected chi connectivity index (χ1v) is 5.24. The van der Waals surface area contributed by atoms with Gasteiger partial charge in [0.15, 0.2) is 0 Å². The highest BCUT2D eigenvalue weighted by atomic mass is 16.5. The zero-order valence-corrected chi connectivity index (χ0v) is 9.44. The molecule has 0 spiro atoms. The maximum atomic E-state index is 5.50. The van der Waals surface area contributed by atoms with Crippen molar-refractivity contribution in [2.24, 2.45) is 0 Å². The molecule has 0 N–H and O–H groups in total. The average Bonchev–Trinajstić information content (AvgIpc) is 2.29. The van der Waals surface area contributed by atoms with Crippen LogP contribution in [0, 0.1) is 0 Å². The minimum absolute atomic E-state index is 0.667. The van der Waals surface area contributed by atoms with Gasteiger partial charge < -0.3 is 4.74 Å². The van der Waals surface area contributed by atoms with Crippen molar-refractivity contribution in [2.45, 2.75) is 20.5 Å². The van der Waals surface area contributed by atoms with Crippen molar-refractivity contribution < 1.29 is 4.74 Å². The van der Waals surface area contributed by atoms with Crippen molar-refractivity contribution in [2.75, 3.05) is 6.61 Å². The summed E-state index contributed by atoms with van der Waals surface area (Å²) in [5.41, 5.74) is 2.48. The summed E-state index contributed by atoms with van der Waals surface area (Å²) in [4.78, 5) is 0. The standard InChI is InChI=1S/C14H18O/c1-3-13(2)8-7-11-15-12-14-9-5-4-6-10-14/h3-10H,11-12H2,1-2H3/b8-7+,13-3+. The molecule has 0 fully saturated rings. The SMILES string of the molecule is C/C=C(C)/C=C/COCc1ccccc1. The molecule has 1 aromatic rings. The van der Waals surface area contributed by atoms with Crippen LogP contribution in [-0.4, -0.2) is 6.61 Å². The smallest absolute Gasteiger partial charge is 0.0721 e. The first-order chi connectivity index (χ1) is 7.33. The Labute approximate surface area is 92.1 Å². The Balaban J connectivity index is 2.20. The van der Waals surface area contributed by atoms with Gasteiger partial charge in [-0.2, -0.15) is 0 Å². The van der Waals surface area contributed by atoms with E-state index in [4.69, 9.17) is 4.74 Å². The van der Waals surface area contributed by atoms with Crippen LogP contribution in [0.15, 0.2) is 54.1 Å². The number of hydrogen-bond donors (Lipinski definition) is 0. The minimum Gasteiger partial charge on any atom is -0.373 e. The summed E-state index contributed by atoms with van der Waals surface area (Å²) in [7, 11) is 0. The van der Waals surface area contributed by atoms with E-state index >= 15 is 0 Å². The number of ether oxygens (including phenoxy) is 1. The van der Waals surface area contributed by atoms with Crippen LogP contribution in [0.25, 0.3) is 0 Å². The van der Waals surface area contributed by atoms with Gasteiger partial charge in [-0.05, 0) is 19.4 Å². The molecule has 1 nitrogen and oxygen atoms in total. The first kappa shape index (κ1) is 11.7. The number of hydrogen-bond acceptors (Lipinski definition) is 1. The topological polar surface area (TPSA) is 9.23 Å². The zero-order chi connectivity index (χ0) is 10.9. The largest absolute Gasteiger partial charge is 0.373 e. The van der Waals surface area contributed by atoms with Crippen LogP contribution in [-0.2, 0) is 11.3 Å². The van der Waals surface area contributed by atoms with Gasteiger partial charge in [0.2, 0.25) is 0 Å². The van der Waals surface area contributed by atoms with E-state index in [1.807, 2.05) is 31.2 Å². The second-order valence-corrected chi connectivity index (χ2v) is 3.44. The molecule has 1 aromatic carbocycles. The van der Waals surface area contributed by atoms with Crippen LogP contribution in [0.5, 0.6) is 0 Å². The molecule has 0 amide bonds.